The number of nitrogens with two attached hydrogens (primary N) is 1. The summed E-state index contributed by atoms with van der Waals surface area (Å²) in [4.78, 5) is 36.6. The lowest BCUT2D eigenvalue weighted by atomic mass is 10.1. The third kappa shape index (κ3) is 4.24. The standard InChI is InChI=1S/C19H16N2O4S2/c1-11(17(23)21-18-14(16(20)22)8-10-27-18)25-19(24)15-13(7-9-26-15)12-5-3-2-4-6-12/h2-11H,1H3,(H2,20,22)(H,21,23). The molecule has 138 valence electrons. The number of primary amides is 1. The maximum absolute atomic E-state index is 12.5. The van der Waals surface area contributed by atoms with Crippen LogP contribution in [-0.2, 0) is 9.53 Å². The zero-order chi connectivity index (χ0) is 19.4. The Morgan fingerprint density at radius 3 is 2.44 bits per heavy atom. The molecule has 2 amide bonds. The first kappa shape index (κ1) is 18.8. The first-order valence-corrected chi connectivity index (χ1v) is 9.75. The van der Waals surface area contributed by atoms with E-state index in [9.17, 15) is 14.4 Å². The second kappa shape index (κ2) is 8.15. The van der Waals surface area contributed by atoms with Gasteiger partial charge in [-0.15, -0.1) is 22.7 Å². The Morgan fingerprint density at radius 2 is 1.74 bits per heavy atom. The number of thiophene rings is 2. The summed E-state index contributed by atoms with van der Waals surface area (Å²) >= 11 is 2.42. The SMILES string of the molecule is CC(OC(=O)c1sccc1-c1ccccc1)C(=O)Nc1sccc1C(N)=O. The minimum atomic E-state index is -1.04. The highest BCUT2D eigenvalue weighted by Gasteiger charge is 2.23. The summed E-state index contributed by atoms with van der Waals surface area (Å²) in [5.41, 5.74) is 7.13. The van der Waals surface area contributed by atoms with Gasteiger partial charge in [0, 0.05) is 5.56 Å². The van der Waals surface area contributed by atoms with E-state index >= 15 is 0 Å². The van der Waals surface area contributed by atoms with Crippen LogP contribution < -0.4 is 11.1 Å². The number of amides is 2. The van der Waals surface area contributed by atoms with Crippen LogP contribution in [0.25, 0.3) is 11.1 Å². The Labute approximate surface area is 163 Å². The molecule has 0 aliphatic carbocycles. The Kier molecular flexibility index (Phi) is 5.68. The second-order valence-corrected chi connectivity index (χ2v) is 7.43. The van der Waals surface area contributed by atoms with Crippen LogP contribution in [0.4, 0.5) is 5.00 Å². The molecule has 0 fully saturated rings. The van der Waals surface area contributed by atoms with Crippen molar-refractivity contribution in [2.75, 3.05) is 5.32 Å². The normalized spacial score (nSPS) is 11.6. The van der Waals surface area contributed by atoms with Gasteiger partial charge in [0.1, 0.15) is 9.88 Å². The number of carbonyl (C=O) groups is 3. The van der Waals surface area contributed by atoms with E-state index in [4.69, 9.17) is 10.5 Å². The van der Waals surface area contributed by atoms with Gasteiger partial charge in [-0.2, -0.15) is 0 Å². The zero-order valence-corrected chi connectivity index (χ0v) is 15.9. The molecular weight excluding hydrogens is 384 g/mol. The molecule has 1 atom stereocenters. The number of benzene rings is 1. The van der Waals surface area contributed by atoms with Gasteiger partial charge in [0.2, 0.25) is 0 Å². The van der Waals surface area contributed by atoms with Crippen molar-refractivity contribution < 1.29 is 19.1 Å². The van der Waals surface area contributed by atoms with Gasteiger partial charge in [-0.1, -0.05) is 30.3 Å². The van der Waals surface area contributed by atoms with Gasteiger partial charge in [-0.25, -0.2) is 4.79 Å². The molecule has 8 heteroatoms. The molecule has 3 N–H and O–H groups in total. The average molecular weight is 400 g/mol. The van der Waals surface area contributed by atoms with Crippen molar-refractivity contribution >= 4 is 45.5 Å². The monoisotopic (exact) mass is 400 g/mol. The van der Waals surface area contributed by atoms with Crippen LogP contribution in [0.2, 0.25) is 0 Å². The van der Waals surface area contributed by atoms with E-state index in [0.29, 0.717) is 9.88 Å². The molecule has 0 saturated carbocycles. The number of rotatable bonds is 6. The first-order chi connectivity index (χ1) is 13.0. The van der Waals surface area contributed by atoms with Crippen molar-refractivity contribution in [2.45, 2.75) is 13.0 Å². The number of ether oxygens (including phenoxy) is 1. The Bertz CT molecular complexity index is 979. The van der Waals surface area contributed by atoms with Gasteiger partial charge in [-0.05, 0) is 35.4 Å². The molecule has 0 radical (unpaired) electrons. The predicted octanol–water partition coefficient (Wildman–Crippen LogP) is 3.76. The van der Waals surface area contributed by atoms with Crippen molar-refractivity contribution in [1.29, 1.82) is 0 Å². The minimum absolute atomic E-state index is 0.219. The highest BCUT2D eigenvalue weighted by atomic mass is 32.1. The Hall–Kier alpha value is -2.97. The number of esters is 1. The van der Waals surface area contributed by atoms with Crippen LogP contribution in [0.1, 0.15) is 27.0 Å². The minimum Gasteiger partial charge on any atom is -0.448 e. The van der Waals surface area contributed by atoms with E-state index in [1.54, 1.807) is 10.8 Å². The third-order valence-corrected chi connectivity index (χ3v) is 5.48. The average Bonchev–Trinajstić information content (AvgIpc) is 3.31. The molecule has 3 aromatic rings. The van der Waals surface area contributed by atoms with Crippen LogP contribution in [0.15, 0.2) is 53.2 Å². The first-order valence-electron chi connectivity index (χ1n) is 7.99. The molecule has 0 bridgehead atoms. The fraction of sp³-hybridized carbons (Fsp3) is 0.105. The molecule has 6 nitrogen and oxygen atoms in total. The van der Waals surface area contributed by atoms with Crippen LogP contribution in [0.5, 0.6) is 0 Å². The second-order valence-electron chi connectivity index (χ2n) is 5.59. The highest BCUT2D eigenvalue weighted by molar-refractivity contribution is 7.14. The number of nitrogens with one attached hydrogen (secondary N) is 1. The van der Waals surface area contributed by atoms with E-state index < -0.39 is 23.9 Å². The molecule has 0 spiro atoms. The predicted molar refractivity (Wildman–Crippen MR) is 106 cm³/mol. The lowest BCUT2D eigenvalue weighted by molar-refractivity contribution is -0.123. The van der Waals surface area contributed by atoms with Crippen LogP contribution >= 0.6 is 22.7 Å². The summed E-state index contributed by atoms with van der Waals surface area (Å²) in [6.07, 6.45) is -1.04. The van der Waals surface area contributed by atoms with E-state index in [1.165, 1.54) is 35.7 Å². The van der Waals surface area contributed by atoms with Crippen LogP contribution in [-0.4, -0.2) is 23.9 Å². The largest absolute Gasteiger partial charge is 0.448 e. The number of hydrogen-bond acceptors (Lipinski definition) is 6. The fourth-order valence-electron chi connectivity index (χ4n) is 2.39. The van der Waals surface area contributed by atoms with Crippen molar-refractivity contribution in [2.24, 2.45) is 5.73 Å². The van der Waals surface area contributed by atoms with E-state index in [1.807, 2.05) is 36.4 Å². The fourth-order valence-corrected chi connectivity index (χ4v) is 3.99. The molecular formula is C19H16N2O4S2. The molecule has 3 rings (SSSR count). The summed E-state index contributed by atoms with van der Waals surface area (Å²) in [5.74, 6) is -1.75. The smallest absolute Gasteiger partial charge is 0.349 e. The molecule has 0 saturated heterocycles. The van der Waals surface area contributed by atoms with Crippen molar-refractivity contribution in [3.8, 4) is 11.1 Å². The number of anilines is 1. The zero-order valence-electron chi connectivity index (χ0n) is 14.3. The molecule has 1 unspecified atom stereocenters. The summed E-state index contributed by atoms with van der Waals surface area (Å²) < 4.78 is 5.32. The molecule has 0 aliphatic heterocycles. The number of hydrogen-bond donors (Lipinski definition) is 2. The van der Waals surface area contributed by atoms with Gasteiger partial charge in [0.25, 0.3) is 11.8 Å². The maximum atomic E-state index is 12.5. The molecule has 1 aromatic carbocycles. The highest BCUT2D eigenvalue weighted by Crippen LogP contribution is 2.29. The quantitative estimate of drug-likeness (QED) is 0.616. The van der Waals surface area contributed by atoms with Crippen LogP contribution in [0.3, 0.4) is 0 Å². The Morgan fingerprint density at radius 1 is 1.04 bits per heavy atom. The summed E-state index contributed by atoms with van der Waals surface area (Å²) in [6, 6.07) is 12.8. The third-order valence-electron chi connectivity index (χ3n) is 3.76. The van der Waals surface area contributed by atoms with Gasteiger partial charge in [-0.3, -0.25) is 9.59 Å². The topological polar surface area (TPSA) is 98.5 Å². The van der Waals surface area contributed by atoms with Gasteiger partial charge in [0.05, 0.1) is 5.56 Å². The number of carbonyl (C=O) groups excluding carboxylic acids is 3. The van der Waals surface area contributed by atoms with E-state index in [2.05, 4.69) is 5.32 Å². The molecule has 2 aromatic heterocycles. The van der Waals surface area contributed by atoms with Gasteiger partial charge < -0.3 is 15.8 Å². The lowest BCUT2D eigenvalue weighted by Gasteiger charge is -2.13. The lowest BCUT2D eigenvalue weighted by Crippen LogP contribution is -2.30. The summed E-state index contributed by atoms with van der Waals surface area (Å²) in [5, 5.41) is 6.35. The van der Waals surface area contributed by atoms with Crippen molar-refractivity contribution in [3.05, 3.63) is 63.7 Å². The molecule has 2 heterocycles. The Balaban J connectivity index is 1.69. The van der Waals surface area contributed by atoms with E-state index in [-0.39, 0.29) is 5.56 Å². The van der Waals surface area contributed by atoms with Crippen LogP contribution in [0, 0.1) is 0 Å². The van der Waals surface area contributed by atoms with Gasteiger partial charge in [0.15, 0.2) is 6.10 Å². The maximum Gasteiger partial charge on any atom is 0.349 e. The molecule has 0 aliphatic rings. The summed E-state index contributed by atoms with van der Waals surface area (Å²) in [6.45, 7) is 1.47. The molecule has 27 heavy (non-hydrogen) atoms. The summed E-state index contributed by atoms with van der Waals surface area (Å²) in [7, 11) is 0. The van der Waals surface area contributed by atoms with Crippen molar-refractivity contribution in [1.82, 2.24) is 0 Å². The van der Waals surface area contributed by atoms with Crippen molar-refractivity contribution in [3.63, 3.8) is 0 Å². The van der Waals surface area contributed by atoms with E-state index in [0.717, 1.165) is 11.1 Å². The van der Waals surface area contributed by atoms with Gasteiger partial charge >= 0.3 is 5.97 Å².